The lowest BCUT2D eigenvalue weighted by atomic mass is 10.1. The molecule has 1 heterocycles. The molecule has 0 amide bonds. The summed E-state index contributed by atoms with van der Waals surface area (Å²) in [5.74, 6) is -1.07. The lowest BCUT2D eigenvalue weighted by Gasteiger charge is -2.24. The molecule has 1 aliphatic rings. The predicted molar refractivity (Wildman–Crippen MR) is 124 cm³/mol. The van der Waals surface area contributed by atoms with Gasteiger partial charge in [0.1, 0.15) is 12.7 Å². The van der Waals surface area contributed by atoms with Gasteiger partial charge in [-0.05, 0) is 36.4 Å². The molecule has 3 aromatic carbocycles. The third-order valence-corrected chi connectivity index (χ3v) is 6.47. The molecular weight excluding hydrogens is 440 g/mol. The van der Waals surface area contributed by atoms with Crippen molar-refractivity contribution in [1.82, 2.24) is 0 Å². The zero-order chi connectivity index (χ0) is 23.0. The summed E-state index contributed by atoms with van der Waals surface area (Å²) in [6.45, 7) is 0.0184. The fourth-order valence-corrected chi connectivity index (χ4v) is 4.68. The fourth-order valence-electron chi connectivity index (χ4n) is 3.40. The highest BCUT2D eigenvalue weighted by molar-refractivity contribution is 8.00. The molecule has 0 saturated carbocycles. The third kappa shape index (κ3) is 5.81. The van der Waals surface area contributed by atoms with Gasteiger partial charge in [-0.15, -0.1) is 11.8 Å². The first kappa shape index (κ1) is 22.6. The fraction of sp³-hybridized carbons (Fsp3) is 0.192. The van der Waals surface area contributed by atoms with Crippen LogP contribution < -0.4 is 0 Å². The average Bonchev–Trinajstić information content (AvgIpc) is 3.24. The Hall–Kier alpha value is -3.58. The van der Waals surface area contributed by atoms with Crippen LogP contribution in [0.3, 0.4) is 0 Å². The number of benzene rings is 3. The van der Waals surface area contributed by atoms with Gasteiger partial charge >= 0.3 is 17.9 Å². The van der Waals surface area contributed by atoms with Gasteiger partial charge in [-0.2, -0.15) is 0 Å². The second kappa shape index (κ2) is 10.8. The van der Waals surface area contributed by atoms with Gasteiger partial charge in [0.2, 0.25) is 0 Å². The second-order valence-electron chi connectivity index (χ2n) is 7.38. The maximum atomic E-state index is 12.7. The molecule has 0 unspecified atom stereocenters. The molecule has 1 saturated heterocycles. The molecule has 7 heteroatoms. The topological polar surface area (TPSA) is 78.9 Å². The Morgan fingerprint density at radius 2 is 1.12 bits per heavy atom. The van der Waals surface area contributed by atoms with Crippen LogP contribution in [0.1, 0.15) is 31.1 Å². The second-order valence-corrected chi connectivity index (χ2v) is 8.65. The van der Waals surface area contributed by atoms with Crippen LogP contribution in [0, 0.1) is 0 Å². The molecule has 0 bridgehead atoms. The molecule has 0 spiro atoms. The molecule has 0 aliphatic carbocycles. The standard InChI is InChI=1S/C26H22O6S/c27-24(18-10-4-1-5-11-18)30-16-22-23(32-26(29)20-14-8-3-9-15-20)21(17-33-22)31-25(28)19-12-6-2-7-13-19/h1-15,21-23H,16-17H2/t21-,22+,23-/m0/s1. The third-order valence-electron chi connectivity index (χ3n) is 5.12. The molecule has 168 valence electrons. The van der Waals surface area contributed by atoms with E-state index in [2.05, 4.69) is 0 Å². The summed E-state index contributed by atoms with van der Waals surface area (Å²) in [5.41, 5.74) is 1.24. The summed E-state index contributed by atoms with van der Waals surface area (Å²) in [6, 6.07) is 25.9. The van der Waals surface area contributed by atoms with Crippen LogP contribution >= 0.6 is 11.8 Å². The minimum Gasteiger partial charge on any atom is -0.461 e. The lowest BCUT2D eigenvalue weighted by Crippen LogP contribution is -2.39. The Balaban J connectivity index is 1.46. The molecule has 0 radical (unpaired) electrons. The Labute approximate surface area is 195 Å². The highest BCUT2D eigenvalue weighted by Crippen LogP contribution is 2.33. The number of carbonyl (C=O) groups excluding carboxylic acids is 3. The van der Waals surface area contributed by atoms with Crippen molar-refractivity contribution >= 4 is 29.7 Å². The average molecular weight is 463 g/mol. The molecule has 1 fully saturated rings. The minimum absolute atomic E-state index is 0.0184. The van der Waals surface area contributed by atoms with Gasteiger partial charge in [-0.3, -0.25) is 0 Å². The van der Waals surface area contributed by atoms with Crippen molar-refractivity contribution in [1.29, 1.82) is 0 Å². The Kier molecular flexibility index (Phi) is 7.42. The number of esters is 3. The van der Waals surface area contributed by atoms with Crippen molar-refractivity contribution in [2.75, 3.05) is 12.4 Å². The van der Waals surface area contributed by atoms with E-state index < -0.39 is 30.1 Å². The molecular formula is C26H22O6S. The van der Waals surface area contributed by atoms with Crippen LogP contribution in [-0.4, -0.2) is 47.7 Å². The maximum Gasteiger partial charge on any atom is 0.338 e. The van der Waals surface area contributed by atoms with E-state index in [-0.39, 0.29) is 11.9 Å². The highest BCUT2D eigenvalue weighted by atomic mass is 32.2. The van der Waals surface area contributed by atoms with Crippen LogP contribution in [-0.2, 0) is 14.2 Å². The number of carbonyl (C=O) groups is 3. The van der Waals surface area contributed by atoms with Crippen LogP contribution in [0.25, 0.3) is 0 Å². The monoisotopic (exact) mass is 462 g/mol. The van der Waals surface area contributed by atoms with Gasteiger partial charge < -0.3 is 14.2 Å². The van der Waals surface area contributed by atoms with E-state index >= 15 is 0 Å². The van der Waals surface area contributed by atoms with Crippen LogP contribution in [0.15, 0.2) is 91.0 Å². The predicted octanol–water partition coefficient (Wildman–Crippen LogP) is 4.41. The quantitative estimate of drug-likeness (QED) is 0.380. The summed E-state index contributed by atoms with van der Waals surface area (Å²) in [5, 5.41) is -0.376. The summed E-state index contributed by atoms with van der Waals surface area (Å²) in [4.78, 5) is 37.7. The summed E-state index contributed by atoms with van der Waals surface area (Å²) >= 11 is 1.44. The van der Waals surface area contributed by atoms with E-state index in [9.17, 15) is 14.4 Å². The first-order chi connectivity index (χ1) is 16.1. The van der Waals surface area contributed by atoms with Crippen LogP contribution in [0.4, 0.5) is 0 Å². The molecule has 1 aliphatic heterocycles. The van der Waals surface area contributed by atoms with E-state index in [1.54, 1.807) is 78.9 Å². The lowest BCUT2D eigenvalue weighted by molar-refractivity contribution is -0.0295. The van der Waals surface area contributed by atoms with Crippen molar-refractivity contribution in [2.24, 2.45) is 0 Å². The Bertz CT molecular complexity index is 1090. The summed E-state index contributed by atoms with van der Waals surface area (Å²) in [7, 11) is 0. The Morgan fingerprint density at radius 1 is 0.667 bits per heavy atom. The van der Waals surface area contributed by atoms with Crippen LogP contribution in [0.5, 0.6) is 0 Å². The van der Waals surface area contributed by atoms with Gasteiger partial charge in [0.05, 0.1) is 21.9 Å². The van der Waals surface area contributed by atoms with Gasteiger partial charge in [0.25, 0.3) is 0 Å². The number of hydrogen-bond donors (Lipinski definition) is 0. The van der Waals surface area contributed by atoms with Crippen molar-refractivity contribution < 1.29 is 28.6 Å². The zero-order valence-corrected chi connectivity index (χ0v) is 18.5. The van der Waals surface area contributed by atoms with Gasteiger partial charge in [0, 0.05) is 5.75 Å². The molecule has 0 N–H and O–H groups in total. The van der Waals surface area contributed by atoms with Crippen molar-refractivity contribution in [3.8, 4) is 0 Å². The van der Waals surface area contributed by atoms with E-state index in [4.69, 9.17) is 14.2 Å². The smallest absolute Gasteiger partial charge is 0.338 e. The van der Waals surface area contributed by atoms with Crippen molar-refractivity contribution in [2.45, 2.75) is 17.5 Å². The minimum atomic E-state index is -0.765. The molecule has 3 aromatic rings. The van der Waals surface area contributed by atoms with Crippen LogP contribution in [0.2, 0.25) is 0 Å². The van der Waals surface area contributed by atoms with Crippen molar-refractivity contribution in [3.63, 3.8) is 0 Å². The molecule has 0 aromatic heterocycles. The van der Waals surface area contributed by atoms with E-state index in [0.29, 0.717) is 22.4 Å². The summed E-state index contributed by atoms with van der Waals surface area (Å²) in [6.07, 6.45) is -1.44. The number of thioether (sulfide) groups is 1. The van der Waals surface area contributed by atoms with E-state index in [0.717, 1.165) is 0 Å². The zero-order valence-electron chi connectivity index (χ0n) is 17.7. The SMILES string of the molecule is O=C(OC[C@H]1SC[C@H](OC(=O)c2ccccc2)[C@@H]1OC(=O)c1ccccc1)c1ccccc1. The van der Waals surface area contributed by atoms with Crippen molar-refractivity contribution in [3.05, 3.63) is 108 Å². The van der Waals surface area contributed by atoms with Gasteiger partial charge in [-0.25, -0.2) is 14.4 Å². The van der Waals surface area contributed by atoms with E-state index in [1.807, 2.05) is 12.1 Å². The molecule has 33 heavy (non-hydrogen) atoms. The molecule has 6 nitrogen and oxygen atoms in total. The largest absolute Gasteiger partial charge is 0.461 e. The highest BCUT2D eigenvalue weighted by Gasteiger charge is 2.43. The molecule has 4 rings (SSSR count). The molecule has 3 atom stereocenters. The first-order valence-electron chi connectivity index (χ1n) is 10.5. The number of rotatable bonds is 7. The summed E-state index contributed by atoms with van der Waals surface area (Å²) < 4.78 is 16.9. The maximum absolute atomic E-state index is 12.7. The normalized spacial score (nSPS) is 19.5. The number of hydrogen-bond acceptors (Lipinski definition) is 7. The van der Waals surface area contributed by atoms with E-state index in [1.165, 1.54) is 11.8 Å². The number of ether oxygens (including phenoxy) is 3. The van der Waals surface area contributed by atoms with Gasteiger partial charge in [-0.1, -0.05) is 54.6 Å². The Morgan fingerprint density at radius 3 is 1.64 bits per heavy atom. The van der Waals surface area contributed by atoms with Gasteiger partial charge in [0.15, 0.2) is 6.10 Å². The first-order valence-corrected chi connectivity index (χ1v) is 11.5.